The van der Waals surface area contributed by atoms with E-state index < -0.39 is 6.04 Å². The minimum atomic E-state index is -0.480. The van der Waals surface area contributed by atoms with Gasteiger partial charge in [0.15, 0.2) is 0 Å². The normalized spacial score (nSPS) is 19.3. The Bertz CT molecular complexity index is 923. The van der Waals surface area contributed by atoms with Crippen LogP contribution in [0, 0.1) is 0 Å². The van der Waals surface area contributed by atoms with Crippen molar-refractivity contribution in [3.63, 3.8) is 0 Å². The lowest BCUT2D eigenvalue weighted by Gasteiger charge is -2.31. The Hall–Kier alpha value is -3.28. The summed E-state index contributed by atoms with van der Waals surface area (Å²) in [6, 6.07) is 16.6. The van der Waals surface area contributed by atoms with Gasteiger partial charge in [-0.3, -0.25) is 9.69 Å². The maximum atomic E-state index is 13.2. The highest BCUT2D eigenvalue weighted by atomic mass is 16.5. The molecule has 4 rings (SSSR count). The van der Waals surface area contributed by atoms with Crippen LogP contribution >= 0.6 is 0 Å². The Kier molecular flexibility index (Phi) is 4.32. The van der Waals surface area contributed by atoms with Gasteiger partial charge in [-0.15, -0.1) is 0 Å². The van der Waals surface area contributed by atoms with Crippen molar-refractivity contribution in [2.75, 3.05) is 20.7 Å². The molecule has 0 spiro atoms. The second-order valence-electron chi connectivity index (χ2n) is 6.73. The van der Waals surface area contributed by atoms with Gasteiger partial charge in [0, 0.05) is 13.6 Å². The highest BCUT2D eigenvalue weighted by molar-refractivity contribution is 6.01. The number of carbonyl (C=O) groups excluding carboxylic acids is 2. The predicted molar refractivity (Wildman–Crippen MR) is 101 cm³/mol. The van der Waals surface area contributed by atoms with Crippen molar-refractivity contribution >= 4 is 11.9 Å². The first kappa shape index (κ1) is 17.1. The molecule has 2 aliphatic rings. The van der Waals surface area contributed by atoms with E-state index in [2.05, 4.69) is 5.32 Å². The molecule has 0 unspecified atom stereocenters. The molecule has 2 aliphatic heterocycles. The van der Waals surface area contributed by atoms with Crippen molar-refractivity contribution in [3.8, 4) is 5.75 Å². The van der Waals surface area contributed by atoms with Crippen LogP contribution in [0.3, 0.4) is 0 Å². The summed E-state index contributed by atoms with van der Waals surface area (Å²) in [4.78, 5) is 29.0. The van der Waals surface area contributed by atoms with Crippen LogP contribution in [0.4, 0.5) is 4.79 Å². The Labute approximate surface area is 158 Å². The van der Waals surface area contributed by atoms with E-state index in [9.17, 15) is 9.59 Å². The molecule has 6 heteroatoms. The molecule has 1 N–H and O–H groups in total. The largest absolute Gasteiger partial charge is 0.497 e. The Balaban J connectivity index is 1.68. The molecule has 0 bridgehead atoms. The molecule has 0 aromatic heterocycles. The number of ether oxygens (including phenoxy) is 1. The Morgan fingerprint density at radius 3 is 2.63 bits per heavy atom. The summed E-state index contributed by atoms with van der Waals surface area (Å²) in [6.07, 6.45) is 0. The van der Waals surface area contributed by atoms with E-state index in [-0.39, 0.29) is 11.9 Å². The first-order valence-electron chi connectivity index (χ1n) is 8.83. The number of likely N-dealkylation sites (N-methyl/N-ethyl adjacent to an activating group) is 1. The number of hydrogen-bond donors (Lipinski definition) is 1. The second-order valence-corrected chi connectivity index (χ2v) is 6.73. The zero-order chi connectivity index (χ0) is 19.0. The molecule has 138 valence electrons. The first-order chi connectivity index (χ1) is 13.1. The number of nitrogens with one attached hydrogen (secondary N) is 1. The van der Waals surface area contributed by atoms with E-state index in [1.165, 1.54) is 4.90 Å². The summed E-state index contributed by atoms with van der Waals surface area (Å²) in [5.41, 5.74) is 3.28. The maximum absolute atomic E-state index is 13.2. The van der Waals surface area contributed by atoms with Gasteiger partial charge in [-0.1, -0.05) is 42.5 Å². The minimum absolute atomic E-state index is 0.0477. The molecule has 0 fully saturated rings. The van der Waals surface area contributed by atoms with Gasteiger partial charge < -0.3 is 15.0 Å². The van der Waals surface area contributed by atoms with Crippen molar-refractivity contribution in [1.82, 2.24) is 15.1 Å². The standard InChI is InChI=1S/C21H21N3O3/c1-23-17-13-24(12-14-7-4-3-5-8-14)20(25)18(17)19(22-21(23)26)15-9-6-10-16(11-15)27-2/h3-11,19H,12-13H2,1-2H3,(H,22,26)/t19-/m0/s1. The molecule has 2 aromatic carbocycles. The van der Waals surface area contributed by atoms with Crippen molar-refractivity contribution in [2.24, 2.45) is 0 Å². The van der Waals surface area contributed by atoms with Gasteiger partial charge in [0.2, 0.25) is 0 Å². The summed E-state index contributed by atoms with van der Waals surface area (Å²) in [5.74, 6) is 0.642. The molecule has 0 saturated heterocycles. The fourth-order valence-corrected chi connectivity index (χ4v) is 3.63. The summed E-state index contributed by atoms with van der Waals surface area (Å²) in [5, 5.41) is 2.95. The minimum Gasteiger partial charge on any atom is -0.497 e. The van der Waals surface area contributed by atoms with Crippen LogP contribution in [0.25, 0.3) is 0 Å². The van der Waals surface area contributed by atoms with E-state index in [4.69, 9.17) is 4.74 Å². The van der Waals surface area contributed by atoms with Gasteiger partial charge in [-0.25, -0.2) is 4.79 Å². The summed E-state index contributed by atoms with van der Waals surface area (Å²) >= 11 is 0. The summed E-state index contributed by atoms with van der Waals surface area (Å²) in [7, 11) is 3.30. The fraction of sp³-hybridized carbons (Fsp3) is 0.238. The van der Waals surface area contributed by atoms with E-state index in [1.807, 2.05) is 54.6 Å². The zero-order valence-corrected chi connectivity index (χ0v) is 15.3. The van der Waals surface area contributed by atoms with Gasteiger partial charge in [-0.2, -0.15) is 0 Å². The third kappa shape index (κ3) is 3.03. The average molecular weight is 363 g/mol. The smallest absolute Gasteiger partial charge is 0.322 e. The van der Waals surface area contributed by atoms with Crippen molar-refractivity contribution in [1.29, 1.82) is 0 Å². The molecule has 0 saturated carbocycles. The highest BCUT2D eigenvalue weighted by Gasteiger charge is 2.42. The van der Waals surface area contributed by atoms with Gasteiger partial charge >= 0.3 is 6.03 Å². The van der Waals surface area contributed by atoms with Gasteiger partial charge in [0.1, 0.15) is 5.75 Å². The molecule has 0 aliphatic carbocycles. The third-order valence-electron chi connectivity index (χ3n) is 5.08. The summed E-state index contributed by atoms with van der Waals surface area (Å²) in [6.45, 7) is 0.937. The first-order valence-corrected chi connectivity index (χ1v) is 8.83. The highest BCUT2D eigenvalue weighted by Crippen LogP contribution is 2.36. The van der Waals surface area contributed by atoms with Gasteiger partial charge in [-0.05, 0) is 23.3 Å². The molecule has 0 radical (unpaired) electrons. The third-order valence-corrected chi connectivity index (χ3v) is 5.08. The van der Waals surface area contributed by atoms with Gasteiger partial charge in [0.25, 0.3) is 5.91 Å². The lowest BCUT2D eigenvalue weighted by Crippen LogP contribution is -2.45. The van der Waals surface area contributed by atoms with Crippen LogP contribution < -0.4 is 10.1 Å². The lowest BCUT2D eigenvalue weighted by molar-refractivity contribution is -0.126. The molecule has 27 heavy (non-hydrogen) atoms. The molecule has 2 aromatic rings. The number of carbonyl (C=O) groups is 2. The molecular formula is C21H21N3O3. The molecule has 2 heterocycles. The van der Waals surface area contributed by atoms with Crippen LogP contribution in [0.2, 0.25) is 0 Å². The van der Waals surface area contributed by atoms with Crippen LogP contribution in [-0.2, 0) is 11.3 Å². The fourth-order valence-electron chi connectivity index (χ4n) is 3.63. The number of urea groups is 1. The average Bonchev–Trinajstić information content (AvgIpc) is 3.02. The quantitative estimate of drug-likeness (QED) is 0.909. The number of methoxy groups -OCH3 is 1. The molecule has 3 amide bonds. The molecule has 1 atom stereocenters. The number of nitrogens with zero attached hydrogens (tertiary/aromatic N) is 2. The van der Waals surface area contributed by atoms with Crippen molar-refractivity contribution in [2.45, 2.75) is 12.6 Å². The Morgan fingerprint density at radius 2 is 1.89 bits per heavy atom. The monoisotopic (exact) mass is 363 g/mol. The Morgan fingerprint density at radius 1 is 1.11 bits per heavy atom. The summed E-state index contributed by atoms with van der Waals surface area (Å²) < 4.78 is 5.30. The van der Waals surface area contributed by atoms with Crippen LogP contribution in [0.1, 0.15) is 17.2 Å². The SMILES string of the molecule is COc1cccc([C@@H]2NC(=O)N(C)C3=C2C(=O)N(Cc2ccccc2)C3)c1. The zero-order valence-electron chi connectivity index (χ0n) is 15.3. The van der Waals surface area contributed by atoms with E-state index >= 15 is 0 Å². The lowest BCUT2D eigenvalue weighted by atomic mass is 9.95. The van der Waals surface area contributed by atoms with Crippen LogP contribution in [0.15, 0.2) is 65.9 Å². The van der Waals surface area contributed by atoms with E-state index in [1.54, 1.807) is 19.1 Å². The van der Waals surface area contributed by atoms with E-state index in [0.717, 1.165) is 16.8 Å². The van der Waals surface area contributed by atoms with Crippen LogP contribution in [0.5, 0.6) is 5.75 Å². The number of benzene rings is 2. The topological polar surface area (TPSA) is 61.9 Å². The molecule has 6 nitrogen and oxygen atoms in total. The number of hydrogen-bond acceptors (Lipinski definition) is 3. The van der Waals surface area contributed by atoms with Crippen molar-refractivity contribution in [3.05, 3.63) is 77.0 Å². The maximum Gasteiger partial charge on any atom is 0.322 e. The predicted octanol–water partition coefficient (Wildman–Crippen LogP) is 2.69. The van der Waals surface area contributed by atoms with Crippen LogP contribution in [-0.4, -0.2) is 42.4 Å². The second kappa shape index (κ2) is 6.79. The van der Waals surface area contributed by atoms with E-state index in [0.29, 0.717) is 24.4 Å². The number of amides is 3. The van der Waals surface area contributed by atoms with Crippen molar-refractivity contribution < 1.29 is 14.3 Å². The number of rotatable bonds is 4. The molecular weight excluding hydrogens is 342 g/mol. The van der Waals surface area contributed by atoms with Gasteiger partial charge in [0.05, 0.1) is 31.0 Å².